The topological polar surface area (TPSA) is 92.4 Å². The highest BCUT2D eigenvalue weighted by Gasteiger charge is 2.22. The normalized spacial score (nSPS) is 12.9. The molecule has 0 spiro atoms. The molecule has 152 valence electrons. The van der Waals surface area contributed by atoms with Crippen LogP contribution in [-0.4, -0.2) is 47.4 Å². The van der Waals surface area contributed by atoms with Gasteiger partial charge in [-0.1, -0.05) is 12.1 Å². The van der Waals surface area contributed by atoms with Crippen LogP contribution in [0.1, 0.15) is 22.3 Å². The summed E-state index contributed by atoms with van der Waals surface area (Å²) >= 11 is 0. The van der Waals surface area contributed by atoms with Crippen LogP contribution in [0.4, 0.5) is 10.6 Å². The van der Waals surface area contributed by atoms with Crippen LogP contribution < -0.4 is 10.6 Å². The number of primary amides is 1. The quantitative estimate of drug-likeness (QED) is 0.728. The molecule has 4 rings (SSSR count). The molecule has 0 saturated heterocycles. The number of carbonyl (C=O) groups excluding carboxylic acids is 2. The summed E-state index contributed by atoms with van der Waals surface area (Å²) in [7, 11) is 3.47. The number of benzene rings is 1. The Kier molecular flexibility index (Phi) is 5.18. The largest absolute Gasteiger partial charge is 0.351 e. The number of rotatable bonds is 3. The van der Waals surface area contributed by atoms with Gasteiger partial charge in [0.15, 0.2) is 0 Å². The zero-order chi connectivity index (χ0) is 21.3. The van der Waals surface area contributed by atoms with Crippen LogP contribution in [-0.2, 0) is 6.42 Å². The van der Waals surface area contributed by atoms with Crippen molar-refractivity contribution < 1.29 is 9.59 Å². The van der Waals surface area contributed by atoms with Crippen molar-refractivity contribution in [2.45, 2.75) is 12.8 Å². The smallest absolute Gasteiger partial charge is 0.320 e. The first-order valence-corrected chi connectivity index (χ1v) is 9.77. The lowest BCUT2D eigenvalue weighted by atomic mass is 9.99. The van der Waals surface area contributed by atoms with Crippen molar-refractivity contribution in [3.8, 4) is 22.3 Å². The Labute approximate surface area is 175 Å². The maximum Gasteiger partial charge on any atom is 0.320 e. The molecule has 7 nitrogen and oxygen atoms in total. The van der Waals surface area contributed by atoms with E-state index in [4.69, 9.17) is 5.73 Å². The summed E-state index contributed by atoms with van der Waals surface area (Å²) in [5.74, 6) is 0.612. The fourth-order valence-electron chi connectivity index (χ4n) is 3.66. The molecular weight excluding hydrogens is 378 g/mol. The van der Waals surface area contributed by atoms with E-state index >= 15 is 0 Å². The number of anilines is 1. The molecule has 0 bridgehead atoms. The van der Waals surface area contributed by atoms with Crippen molar-refractivity contribution in [2.24, 2.45) is 5.73 Å². The van der Waals surface area contributed by atoms with Crippen LogP contribution in [0, 0.1) is 0 Å². The number of hydrogen-bond donors (Lipinski definition) is 1. The van der Waals surface area contributed by atoms with Gasteiger partial charge in [-0.15, -0.1) is 0 Å². The SMILES string of the molecule is CN(C)C(=O)c1ccc(-c2cncc(-c3cnc4c(c3)CCCN4C(N)=O)c2)cc1. The van der Waals surface area contributed by atoms with Gasteiger partial charge in [0, 0.05) is 61.5 Å². The lowest BCUT2D eigenvalue weighted by molar-refractivity contribution is 0.0827. The number of aryl methyl sites for hydroxylation is 1. The average Bonchev–Trinajstić information content (AvgIpc) is 2.77. The van der Waals surface area contributed by atoms with Crippen LogP contribution in [0.5, 0.6) is 0 Å². The molecule has 1 aromatic carbocycles. The van der Waals surface area contributed by atoms with E-state index in [1.54, 1.807) is 37.6 Å². The number of amides is 3. The Morgan fingerprint density at radius 3 is 2.30 bits per heavy atom. The van der Waals surface area contributed by atoms with Gasteiger partial charge in [0.1, 0.15) is 5.82 Å². The first-order valence-electron chi connectivity index (χ1n) is 9.77. The summed E-state index contributed by atoms with van der Waals surface area (Å²) in [6.07, 6.45) is 7.06. The van der Waals surface area contributed by atoms with Crippen LogP contribution in [0.3, 0.4) is 0 Å². The van der Waals surface area contributed by atoms with Crippen molar-refractivity contribution >= 4 is 17.8 Å². The summed E-state index contributed by atoms with van der Waals surface area (Å²) < 4.78 is 0. The molecule has 30 heavy (non-hydrogen) atoms. The lowest BCUT2D eigenvalue weighted by Crippen LogP contribution is -2.40. The second-order valence-corrected chi connectivity index (χ2v) is 7.54. The second kappa shape index (κ2) is 7.94. The first-order chi connectivity index (χ1) is 14.4. The van der Waals surface area contributed by atoms with Gasteiger partial charge < -0.3 is 10.6 Å². The lowest BCUT2D eigenvalue weighted by Gasteiger charge is -2.26. The highest BCUT2D eigenvalue weighted by Crippen LogP contribution is 2.31. The maximum atomic E-state index is 12.1. The molecule has 7 heteroatoms. The Bertz CT molecular complexity index is 1110. The zero-order valence-electron chi connectivity index (χ0n) is 17.0. The molecule has 0 unspecified atom stereocenters. The molecule has 1 aliphatic rings. The average molecular weight is 401 g/mol. The number of fused-ring (bicyclic) bond motifs is 1. The molecule has 0 atom stereocenters. The number of hydrogen-bond acceptors (Lipinski definition) is 4. The van der Waals surface area contributed by atoms with Gasteiger partial charge in [-0.2, -0.15) is 0 Å². The third kappa shape index (κ3) is 3.74. The molecule has 2 aromatic heterocycles. The molecular formula is C23H23N5O2. The van der Waals surface area contributed by atoms with Crippen molar-refractivity contribution in [2.75, 3.05) is 25.5 Å². The minimum atomic E-state index is -0.476. The van der Waals surface area contributed by atoms with Gasteiger partial charge in [-0.05, 0) is 48.2 Å². The van der Waals surface area contributed by atoms with E-state index in [1.807, 2.05) is 30.3 Å². The number of aromatic nitrogens is 2. The molecule has 2 N–H and O–H groups in total. The molecule has 3 amide bonds. The molecule has 3 aromatic rings. The standard InChI is InChI=1S/C23H23N5O2/c1-27(2)22(29)16-7-5-15(6-8-16)18-11-19(13-25-12-18)20-10-17-4-3-9-28(23(24)30)21(17)26-14-20/h5-8,10-14H,3-4,9H2,1-2H3,(H2,24,30). The summed E-state index contributed by atoms with van der Waals surface area (Å²) in [5, 5.41) is 0. The number of nitrogens with two attached hydrogens (primary N) is 1. The van der Waals surface area contributed by atoms with Gasteiger partial charge >= 0.3 is 6.03 Å². The van der Waals surface area contributed by atoms with Crippen LogP contribution in [0.15, 0.2) is 55.0 Å². The van der Waals surface area contributed by atoms with Gasteiger partial charge in [-0.3, -0.25) is 14.7 Å². The summed E-state index contributed by atoms with van der Waals surface area (Å²) in [5.41, 5.74) is 10.9. The van der Waals surface area contributed by atoms with E-state index in [-0.39, 0.29) is 5.91 Å². The molecule has 0 saturated carbocycles. The summed E-state index contributed by atoms with van der Waals surface area (Å²) in [4.78, 5) is 35.7. The number of carbonyl (C=O) groups is 2. The van der Waals surface area contributed by atoms with Crippen LogP contribution in [0.2, 0.25) is 0 Å². The third-order valence-corrected chi connectivity index (χ3v) is 5.24. The third-order valence-electron chi connectivity index (χ3n) is 5.24. The van der Waals surface area contributed by atoms with E-state index in [2.05, 4.69) is 16.0 Å². The van der Waals surface area contributed by atoms with E-state index in [0.717, 1.165) is 40.7 Å². The minimum Gasteiger partial charge on any atom is -0.351 e. The fraction of sp³-hybridized carbons (Fsp3) is 0.217. The van der Waals surface area contributed by atoms with Gasteiger partial charge in [0.25, 0.3) is 5.91 Å². The van der Waals surface area contributed by atoms with Gasteiger partial charge in [0.2, 0.25) is 0 Å². The van der Waals surface area contributed by atoms with Crippen molar-refractivity contribution in [1.82, 2.24) is 14.9 Å². The predicted octanol–water partition coefficient (Wildman–Crippen LogP) is 3.34. The minimum absolute atomic E-state index is 0.0291. The predicted molar refractivity (Wildman–Crippen MR) is 116 cm³/mol. The fourth-order valence-corrected chi connectivity index (χ4v) is 3.66. The van der Waals surface area contributed by atoms with E-state index in [9.17, 15) is 9.59 Å². The molecule has 0 radical (unpaired) electrons. The van der Waals surface area contributed by atoms with E-state index < -0.39 is 6.03 Å². The monoisotopic (exact) mass is 401 g/mol. The van der Waals surface area contributed by atoms with Gasteiger partial charge in [-0.25, -0.2) is 9.78 Å². The highest BCUT2D eigenvalue weighted by atomic mass is 16.2. The Hall–Kier alpha value is -3.74. The first kappa shape index (κ1) is 19.6. The Morgan fingerprint density at radius 2 is 1.63 bits per heavy atom. The molecule has 3 heterocycles. The van der Waals surface area contributed by atoms with Crippen molar-refractivity contribution in [1.29, 1.82) is 0 Å². The number of urea groups is 1. The van der Waals surface area contributed by atoms with Crippen LogP contribution in [0.25, 0.3) is 22.3 Å². The number of nitrogens with zero attached hydrogens (tertiary/aromatic N) is 4. The van der Waals surface area contributed by atoms with Crippen molar-refractivity contribution in [3.05, 3.63) is 66.1 Å². The van der Waals surface area contributed by atoms with Crippen molar-refractivity contribution in [3.63, 3.8) is 0 Å². The zero-order valence-corrected chi connectivity index (χ0v) is 17.0. The summed E-state index contributed by atoms with van der Waals surface area (Å²) in [6, 6.07) is 11.1. The Balaban J connectivity index is 1.64. The maximum absolute atomic E-state index is 12.1. The van der Waals surface area contributed by atoms with Gasteiger partial charge in [0.05, 0.1) is 0 Å². The van der Waals surface area contributed by atoms with E-state index in [0.29, 0.717) is 17.9 Å². The molecule has 0 aliphatic carbocycles. The Morgan fingerprint density at radius 1 is 0.967 bits per heavy atom. The molecule has 1 aliphatic heterocycles. The van der Waals surface area contributed by atoms with Crippen LogP contribution >= 0.6 is 0 Å². The molecule has 0 fully saturated rings. The highest BCUT2D eigenvalue weighted by molar-refractivity contribution is 5.94. The second-order valence-electron chi connectivity index (χ2n) is 7.54. The number of pyridine rings is 2. The van der Waals surface area contributed by atoms with E-state index in [1.165, 1.54) is 4.90 Å². The summed E-state index contributed by atoms with van der Waals surface area (Å²) in [6.45, 7) is 0.595.